The van der Waals surface area contributed by atoms with Crippen LogP contribution in [0.3, 0.4) is 0 Å². The predicted molar refractivity (Wildman–Crippen MR) is 127 cm³/mol. The standard InChI is InChI=1S/C26H17FN2O2S/c27-18-10-11-23(31)17(12-18)15-28-22-9-5-4-8-20(22)26-29-25-21(16-6-2-1-3-7-16)13-19(30)14-24(25)32-26/h1-15,30-31H/b28-15+. The number of fused-ring (bicyclic) bond motifs is 1. The molecule has 5 aromatic rings. The summed E-state index contributed by atoms with van der Waals surface area (Å²) in [4.78, 5) is 9.36. The molecule has 0 aliphatic carbocycles. The molecular weight excluding hydrogens is 423 g/mol. The van der Waals surface area contributed by atoms with Gasteiger partial charge in [0.2, 0.25) is 0 Å². The summed E-state index contributed by atoms with van der Waals surface area (Å²) < 4.78 is 14.4. The summed E-state index contributed by atoms with van der Waals surface area (Å²) in [5.74, 6) is -0.313. The first-order valence-corrected chi connectivity index (χ1v) is 10.7. The zero-order valence-electron chi connectivity index (χ0n) is 16.7. The molecule has 0 saturated carbocycles. The summed E-state index contributed by atoms with van der Waals surface area (Å²) in [6.07, 6.45) is 1.44. The molecule has 0 atom stereocenters. The van der Waals surface area contributed by atoms with Crippen LogP contribution in [-0.4, -0.2) is 21.4 Å². The van der Waals surface area contributed by atoms with E-state index in [0.717, 1.165) is 31.9 Å². The van der Waals surface area contributed by atoms with Gasteiger partial charge in [-0.1, -0.05) is 42.5 Å². The Balaban J connectivity index is 1.61. The first-order chi connectivity index (χ1) is 15.6. The van der Waals surface area contributed by atoms with Gasteiger partial charge in [-0.15, -0.1) is 11.3 Å². The molecule has 2 N–H and O–H groups in total. The molecule has 0 amide bonds. The number of rotatable bonds is 4. The number of thiazole rings is 1. The fraction of sp³-hybridized carbons (Fsp3) is 0. The molecular formula is C26H17FN2O2S. The van der Waals surface area contributed by atoms with Crippen LogP contribution in [0.1, 0.15) is 5.56 Å². The number of aromatic hydroxyl groups is 2. The number of hydrogen-bond donors (Lipinski definition) is 2. The van der Waals surface area contributed by atoms with Gasteiger partial charge in [-0.05, 0) is 48.0 Å². The van der Waals surface area contributed by atoms with Gasteiger partial charge in [0.25, 0.3) is 0 Å². The topological polar surface area (TPSA) is 65.7 Å². The molecule has 1 heterocycles. The molecule has 0 aliphatic rings. The number of halogens is 1. The highest BCUT2D eigenvalue weighted by Crippen LogP contribution is 2.40. The third-order valence-electron chi connectivity index (χ3n) is 5.03. The molecule has 0 aliphatic heterocycles. The molecule has 32 heavy (non-hydrogen) atoms. The molecule has 4 nitrogen and oxygen atoms in total. The Morgan fingerprint density at radius 1 is 0.844 bits per heavy atom. The highest BCUT2D eigenvalue weighted by atomic mass is 32.1. The van der Waals surface area contributed by atoms with E-state index in [0.29, 0.717) is 11.3 Å². The van der Waals surface area contributed by atoms with Crippen LogP contribution in [0.2, 0.25) is 0 Å². The van der Waals surface area contributed by atoms with E-state index in [1.165, 1.54) is 35.8 Å². The lowest BCUT2D eigenvalue weighted by Gasteiger charge is -2.04. The second-order valence-electron chi connectivity index (χ2n) is 7.20. The lowest BCUT2D eigenvalue weighted by molar-refractivity contribution is 0.472. The van der Waals surface area contributed by atoms with Crippen LogP contribution < -0.4 is 0 Å². The number of para-hydroxylation sites is 1. The number of benzene rings is 4. The Morgan fingerprint density at radius 2 is 1.62 bits per heavy atom. The molecule has 1 aromatic heterocycles. The van der Waals surface area contributed by atoms with Gasteiger partial charge < -0.3 is 10.2 Å². The fourth-order valence-corrected chi connectivity index (χ4v) is 4.56. The first-order valence-electron chi connectivity index (χ1n) is 9.89. The Morgan fingerprint density at radius 3 is 2.47 bits per heavy atom. The summed E-state index contributed by atoms with van der Waals surface area (Å²) in [5.41, 5.74) is 4.36. The Kier molecular flexibility index (Phi) is 5.13. The van der Waals surface area contributed by atoms with Crippen LogP contribution in [0, 0.1) is 5.82 Å². The fourth-order valence-electron chi connectivity index (χ4n) is 3.50. The third kappa shape index (κ3) is 3.84. The lowest BCUT2D eigenvalue weighted by atomic mass is 10.0. The smallest absolute Gasteiger partial charge is 0.126 e. The molecule has 6 heteroatoms. The van der Waals surface area contributed by atoms with E-state index in [2.05, 4.69) is 4.99 Å². The van der Waals surface area contributed by atoms with E-state index < -0.39 is 5.82 Å². The van der Waals surface area contributed by atoms with E-state index in [9.17, 15) is 14.6 Å². The molecule has 0 saturated heterocycles. The molecule has 5 rings (SSSR count). The second-order valence-corrected chi connectivity index (χ2v) is 8.23. The van der Waals surface area contributed by atoms with Crippen LogP contribution in [0.15, 0.2) is 89.9 Å². The van der Waals surface area contributed by atoms with Gasteiger partial charge in [0.1, 0.15) is 22.3 Å². The highest BCUT2D eigenvalue weighted by Gasteiger charge is 2.15. The van der Waals surface area contributed by atoms with E-state index in [-0.39, 0.29) is 11.5 Å². The maximum Gasteiger partial charge on any atom is 0.126 e. The Hall–Kier alpha value is -4.03. The molecule has 0 bridgehead atoms. The Labute approximate surface area is 187 Å². The first kappa shape index (κ1) is 19.9. The third-order valence-corrected chi connectivity index (χ3v) is 6.07. The van der Waals surface area contributed by atoms with Gasteiger partial charge in [-0.3, -0.25) is 4.99 Å². The number of aliphatic imine (C=N–C) groups is 1. The quantitative estimate of drug-likeness (QED) is 0.298. The largest absolute Gasteiger partial charge is 0.508 e. The van der Waals surface area contributed by atoms with Gasteiger partial charge >= 0.3 is 0 Å². The van der Waals surface area contributed by atoms with Crippen molar-refractivity contribution in [3.05, 3.63) is 96.3 Å². The summed E-state index contributed by atoms with van der Waals surface area (Å²) >= 11 is 1.46. The van der Waals surface area contributed by atoms with Gasteiger partial charge in [0, 0.05) is 22.9 Å². The van der Waals surface area contributed by atoms with Gasteiger partial charge in [-0.2, -0.15) is 0 Å². The van der Waals surface area contributed by atoms with Gasteiger partial charge in [0.15, 0.2) is 0 Å². The summed E-state index contributed by atoms with van der Waals surface area (Å²) in [5, 5.41) is 21.0. The lowest BCUT2D eigenvalue weighted by Crippen LogP contribution is -1.85. The van der Waals surface area contributed by atoms with Crippen molar-refractivity contribution in [3.8, 4) is 33.2 Å². The molecule has 0 fully saturated rings. The van der Waals surface area contributed by atoms with Crippen molar-refractivity contribution in [1.82, 2.24) is 4.98 Å². The van der Waals surface area contributed by atoms with Crippen molar-refractivity contribution in [2.75, 3.05) is 0 Å². The van der Waals surface area contributed by atoms with Crippen LogP contribution >= 0.6 is 11.3 Å². The van der Waals surface area contributed by atoms with Crippen molar-refractivity contribution < 1.29 is 14.6 Å². The van der Waals surface area contributed by atoms with E-state index in [4.69, 9.17) is 4.98 Å². The SMILES string of the molecule is Oc1cc(-c2ccccc2)c2nc(-c3ccccc3/N=C/c3cc(F)ccc3O)sc2c1. The zero-order chi connectivity index (χ0) is 22.1. The van der Waals surface area contributed by atoms with Crippen LogP contribution in [0.5, 0.6) is 11.5 Å². The number of phenols is 2. The van der Waals surface area contributed by atoms with Crippen LogP contribution in [0.4, 0.5) is 10.1 Å². The molecule has 4 aromatic carbocycles. The molecule has 156 valence electrons. The minimum absolute atomic E-state index is 0.0457. The van der Waals surface area contributed by atoms with Crippen molar-refractivity contribution in [3.63, 3.8) is 0 Å². The van der Waals surface area contributed by atoms with Gasteiger partial charge in [-0.25, -0.2) is 9.37 Å². The predicted octanol–water partition coefficient (Wildman–Crippen LogP) is 6.93. The molecule has 0 unspecified atom stereocenters. The molecule has 0 radical (unpaired) electrons. The van der Waals surface area contributed by atoms with Crippen molar-refractivity contribution in [1.29, 1.82) is 0 Å². The minimum Gasteiger partial charge on any atom is -0.508 e. The average Bonchev–Trinajstić information content (AvgIpc) is 3.23. The monoisotopic (exact) mass is 440 g/mol. The number of aromatic nitrogens is 1. The summed E-state index contributed by atoms with van der Waals surface area (Å²) in [7, 11) is 0. The number of phenolic OH excluding ortho intramolecular Hbond substituents is 2. The average molecular weight is 440 g/mol. The normalized spacial score (nSPS) is 11.4. The zero-order valence-corrected chi connectivity index (χ0v) is 17.6. The minimum atomic E-state index is -0.447. The number of nitrogens with zero attached hydrogens (tertiary/aromatic N) is 2. The number of hydrogen-bond acceptors (Lipinski definition) is 5. The van der Waals surface area contributed by atoms with E-state index >= 15 is 0 Å². The van der Waals surface area contributed by atoms with E-state index in [1.807, 2.05) is 54.6 Å². The highest BCUT2D eigenvalue weighted by molar-refractivity contribution is 7.21. The summed E-state index contributed by atoms with van der Waals surface area (Å²) in [6, 6.07) is 24.5. The second kappa shape index (κ2) is 8.24. The maximum absolute atomic E-state index is 13.5. The van der Waals surface area contributed by atoms with Crippen molar-refractivity contribution >= 4 is 33.5 Å². The van der Waals surface area contributed by atoms with Crippen LogP contribution in [0.25, 0.3) is 31.9 Å². The van der Waals surface area contributed by atoms with Crippen molar-refractivity contribution in [2.45, 2.75) is 0 Å². The molecule has 0 spiro atoms. The van der Waals surface area contributed by atoms with Gasteiger partial charge in [0.05, 0.1) is 15.9 Å². The maximum atomic E-state index is 13.5. The van der Waals surface area contributed by atoms with Crippen LogP contribution in [-0.2, 0) is 0 Å². The summed E-state index contributed by atoms with van der Waals surface area (Å²) in [6.45, 7) is 0. The van der Waals surface area contributed by atoms with Crippen molar-refractivity contribution in [2.24, 2.45) is 4.99 Å². The van der Waals surface area contributed by atoms with E-state index in [1.54, 1.807) is 12.1 Å². The Bertz CT molecular complexity index is 1460.